The Morgan fingerprint density at radius 2 is 1.70 bits per heavy atom. The van der Waals surface area contributed by atoms with Crippen molar-refractivity contribution in [3.05, 3.63) is 0 Å². The summed E-state index contributed by atoms with van der Waals surface area (Å²) in [5.41, 5.74) is 0. The summed E-state index contributed by atoms with van der Waals surface area (Å²) in [5.74, 6) is 2.19. The molecule has 0 spiro atoms. The van der Waals surface area contributed by atoms with E-state index in [0.29, 0.717) is 11.8 Å². The van der Waals surface area contributed by atoms with Crippen molar-refractivity contribution in [1.29, 1.82) is 0 Å². The Bertz CT molecular complexity index is 124. The van der Waals surface area contributed by atoms with Gasteiger partial charge in [0.2, 0.25) is 0 Å². The van der Waals surface area contributed by atoms with E-state index in [2.05, 4.69) is 6.92 Å². The van der Waals surface area contributed by atoms with E-state index in [4.69, 9.17) is 9.47 Å². The largest absolute Gasteiger partial charge is 0.381 e. The van der Waals surface area contributed by atoms with Gasteiger partial charge in [-0.15, -0.1) is 0 Å². The Morgan fingerprint density at radius 3 is 2.40 bits per heavy atom. The maximum absolute atomic E-state index is 5.42. The van der Waals surface area contributed by atoms with Gasteiger partial charge in [0.1, 0.15) is 0 Å². The third kappa shape index (κ3) is 0.956. The van der Waals surface area contributed by atoms with E-state index in [0.717, 1.165) is 32.3 Å². The van der Waals surface area contributed by atoms with Gasteiger partial charge in [-0.05, 0) is 11.8 Å². The summed E-state index contributed by atoms with van der Waals surface area (Å²) in [4.78, 5) is 0. The number of ether oxygens (including phenoxy) is 2. The quantitative estimate of drug-likeness (QED) is 0.500. The van der Waals surface area contributed by atoms with Gasteiger partial charge in [-0.2, -0.15) is 0 Å². The maximum Gasteiger partial charge on any atom is 0.0520 e. The molecule has 2 heterocycles. The third-order valence-electron chi connectivity index (χ3n) is 2.69. The van der Waals surface area contributed by atoms with Crippen molar-refractivity contribution in [1.82, 2.24) is 0 Å². The van der Waals surface area contributed by atoms with Gasteiger partial charge in [0.25, 0.3) is 0 Å². The molecule has 0 bridgehead atoms. The molecular weight excluding hydrogens is 128 g/mol. The molecule has 0 aliphatic carbocycles. The molecule has 2 aliphatic heterocycles. The lowest BCUT2D eigenvalue weighted by molar-refractivity contribution is -0.00193. The van der Waals surface area contributed by atoms with Crippen molar-refractivity contribution in [3.63, 3.8) is 0 Å². The molecule has 2 saturated heterocycles. The standard InChI is InChI=1S/C8H14O2/c1-6-2-9-3-7-4-10-5-8(6)7/h6-8H,2-5H2,1H3. The average Bonchev–Trinajstić information content (AvgIpc) is 2.36. The second-order valence-electron chi connectivity index (χ2n) is 3.48. The van der Waals surface area contributed by atoms with Crippen LogP contribution in [-0.2, 0) is 9.47 Å². The van der Waals surface area contributed by atoms with E-state index in [-0.39, 0.29) is 0 Å². The Kier molecular flexibility index (Phi) is 1.66. The van der Waals surface area contributed by atoms with Crippen LogP contribution in [0.5, 0.6) is 0 Å². The highest BCUT2D eigenvalue weighted by Gasteiger charge is 2.35. The summed E-state index contributed by atoms with van der Waals surface area (Å²) in [6.07, 6.45) is 0. The molecule has 0 aromatic rings. The molecule has 10 heavy (non-hydrogen) atoms. The molecule has 0 N–H and O–H groups in total. The first kappa shape index (κ1) is 6.62. The van der Waals surface area contributed by atoms with Crippen molar-refractivity contribution >= 4 is 0 Å². The van der Waals surface area contributed by atoms with Gasteiger partial charge in [-0.1, -0.05) is 6.92 Å². The number of rotatable bonds is 0. The van der Waals surface area contributed by atoms with Crippen LogP contribution in [0, 0.1) is 17.8 Å². The lowest BCUT2D eigenvalue weighted by Gasteiger charge is -2.29. The van der Waals surface area contributed by atoms with E-state index in [9.17, 15) is 0 Å². The summed E-state index contributed by atoms with van der Waals surface area (Å²) >= 11 is 0. The Labute approximate surface area is 61.5 Å². The van der Waals surface area contributed by atoms with Crippen molar-refractivity contribution < 1.29 is 9.47 Å². The van der Waals surface area contributed by atoms with Crippen LogP contribution in [0.1, 0.15) is 6.92 Å². The smallest absolute Gasteiger partial charge is 0.0520 e. The second kappa shape index (κ2) is 2.51. The molecule has 2 aliphatic rings. The summed E-state index contributed by atoms with van der Waals surface area (Å²) in [6.45, 7) is 6.01. The first-order valence-electron chi connectivity index (χ1n) is 4.03. The van der Waals surface area contributed by atoms with E-state index in [1.807, 2.05) is 0 Å². The van der Waals surface area contributed by atoms with Crippen LogP contribution in [0.3, 0.4) is 0 Å². The van der Waals surface area contributed by atoms with Gasteiger partial charge >= 0.3 is 0 Å². The zero-order valence-electron chi connectivity index (χ0n) is 6.38. The van der Waals surface area contributed by atoms with Crippen molar-refractivity contribution in [2.75, 3.05) is 26.4 Å². The minimum Gasteiger partial charge on any atom is -0.381 e. The molecule has 3 atom stereocenters. The van der Waals surface area contributed by atoms with Crippen LogP contribution < -0.4 is 0 Å². The molecule has 58 valence electrons. The molecule has 0 saturated carbocycles. The second-order valence-corrected chi connectivity index (χ2v) is 3.48. The fraction of sp³-hybridized carbons (Fsp3) is 1.00. The summed E-state index contributed by atoms with van der Waals surface area (Å²) < 4.78 is 10.8. The van der Waals surface area contributed by atoms with Crippen molar-refractivity contribution in [2.45, 2.75) is 6.92 Å². The third-order valence-corrected chi connectivity index (χ3v) is 2.69. The van der Waals surface area contributed by atoms with Crippen LogP contribution in [0.15, 0.2) is 0 Å². The predicted molar refractivity (Wildman–Crippen MR) is 37.8 cm³/mol. The monoisotopic (exact) mass is 142 g/mol. The highest BCUT2D eigenvalue weighted by Crippen LogP contribution is 2.31. The van der Waals surface area contributed by atoms with Crippen LogP contribution in [0.25, 0.3) is 0 Å². The molecule has 0 aromatic carbocycles. The van der Waals surface area contributed by atoms with Gasteiger partial charge in [-0.25, -0.2) is 0 Å². The molecule has 0 amide bonds. The maximum atomic E-state index is 5.42. The summed E-state index contributed by atoms with van der Waals surface area (Å²) in [6, 6.07) is 0. The molecule has 0 aromatic heterocycles. The van der Waals surface area contributed by atoms with Crippen LogP contribution in [-0.4, -0.2) is 26.4 Å². The highest BCUT2D eigenvalue weighted by atomic mass is 16.5. The average molecular weight is 142 g/mol. The topological polar surface area (TPSA) is 18.5 Å². The zero-order valence-corrected chi connectivity index (χ0v) is 6.38. The number of fused-ring (bicyclic) bond motifs is 1. The molecule has 2 heteroatoms. The van der Waals surface area contributed by atoms with Gasteiger partial charge < -0.3 is 9.47 Å². The first-order valence-corrected chi connectivity index (χ1v) is 4.03. The molecule has 3 unspecified atom stereocenters. The lowest BCUT2D eigenvalue weighted by atomic mass is 9.84. The Morgan fingerprint density at radius 1 is 1.00 bits per heavy atom. The Hall–Kier alpha value is -0.0800. The highest BCUT2D eigenvalue weighted by molar-refractivity contribution is 4.82. The minimum absolute atomic E-state index is 0.698. The van der Waals surface area contributed by atoms with Crippen LogP contribution in [0.4, 0.5) is 0 Å². The SMILES string of the molecule is CC1COCC2COCC12. The first-order chi connectivity index (χ1) is 4.88. The van der Waals surface area contributed by atoms with Crippen molar-refractivity contribution in [3.8, 4) is 0 Å². The van der Waals surface area contributed by atoms with Gasteiger partial charge in [0, 0.05) is 12.5 Å². The molecule has 2 nitrogen and oxygen atoms in total. The van der Waals surface area contributed by atoms with E-state index >= 15 is 0 Å². The van der Waals surface area contributed by atoms with Gasteiger partial charge in [-0.3, -0.25) is 0 Å². The van der Waals surface area contributed by atoms with Crippen LogP contribution in [0.2, 0.25) is 0 Å². The fourth-order valence-electron chi connectivity index (χ4n) is 1.94. The fourth-order valence-corrected chi connectivity index (χ4v) is 1.94. The van der Waals surface area contributed by atoms with Gasteiger partial charge in [0.15, 0.2) is 0 Å². The van der Waals surface area contributed by atoms with Crippen molar-refractivity contribution in [2.24, 2.45) is 17.8 Å². The summed E-state index contributed by atoms with van der Waals surface area (Å²) in [5, 5.41) is 0. The number of hydrogen-bond donors (Lipinski definition) is 0. The van der Waals surface area contributed by atoms with E-state index in [1.54, 1.807) is 0 Å². The van der Waals surface area contributed by atoms with E-state index in [1.165, 1.54) is 0 Å². The molecular formula is C8H14O2. The minimum atomic E-state index is 0.698. The predicted octanol–water partition coefficient (Wildman–Crippen LogP) is 0.915. The van der Waals surface area contributed by atoms with Gasteiger partial charge in [0.05, 0.1) is 19.8 Å². The van der Waals surface area contributed by atoms with Crippen LogP contribution >= 0.6 is 0 Å². The normalized spacial score (nSPS) is 47.1. The van der Waals surface area contributed by atoms with E-state index < -0.39 is 0 Å². The zero-order chi connectivity index (χ0) is 6.97. The molecule has 0 radical (unpaired) electrons. The molecule has 2 fully saturated rings. The molecule has 2 rings (SSSR count). The Balaban J connectivity index is 2.03. The number of hydrogen-bond acceptors (Lipinski definition) is 2. The lowest BCUT2D eigenvalue weighted by Crippen LogP contribution is -2.32. The summed E-state index contributed by atoms with van der Waals surface area (Å²) in [7, 11) is 0.